The minimum atomic E-state index is 0.240. The molecule has 1 aliphatic carbocycles. The van der Waals surface area contributed by atoms with Crippen LogP contribution in [0.2, 0.25) is 0 Å². The SMILES string of the molecule is Nc1ccc2c(c1)[Se]c1cc(S)ccc1N2c1cccc2c1CCCC2. The van der Waals surface area contributed by atoms with Crippen LogP contribution in [0.1, 0.15) is 24.0 Å². The zero-order valence-electron chi connectivity index (χ0n) is 14.4. The number of nitrogens with two attached hydrogens (primary N) is 1. The van der Waals surface area contributed by atoms with Gasteiger partial charge in [0.05, 0.1) is 0 Å². The van der Waals surface area contributed by atoms with Crippen molar-refractivity contribution in [3.8, 4) is 0 Å². The molecule has 0 saturated heterocycles. The van der Waals surface area contributed by atoms with Crippen LogP contribution in [0, 0.1) is 0 Å². The Balaban J connectivity index is 1.77. The standard InChI is InChI=1S/C22H20N2SSe/c23-15-8-10-19-21(12-15)26-22-13-16(25)9-11-20(22)24(19)18-7-3-5-14-4-1-2-6-17(14)18/h3,5,7-13,25H,1-2,4,6,23H2. The maximum absolute atomic E-state index is 6.10. The summed E-state index contributed by atoms with van der Waals surface area (Å²) in [6, 6.07) is 19.7. The van der Waals surface area contributed by atoms with Crippen molar-refractivity contribution in [2.75, 3.05) is 10.6 Å². The molecule has 0 aromatic heterocycles. The van der Waals surface area contributed by atoms with Gasteiger partial charge in [-0.2, -0.15) is 0 Å². The summed E-state index contributed by atoms with van der Waals surface area (Å²) in [5.41, 5.74) is 13.9. The van der Waals surface area contributed by atoms with Crippen molar-refractivity contribution in [2.45, 2.75) is 30.6 Å². The van der Waals surface area contributed by atoms with Gasteiger partial charge < -0.3 is 0 Å². The molecule has 1 heterocycles. The number of benzene rings is 3. The maximum atomic E-state index is 6.10. The van der Waals surface area contributed by atoms with Crippen LogP contribution >= 0.6 is 12.6 Å². The van der Waals surface area contributed by atoms with Gasteiger partial charge in [-0.3, -0.25) is 0 Å². The number of aryl methyl sites for hydroxylation is 1. The van der Waals surface area contributed by atoms with Crippen LogP contribution in [0.3, 0.4) is 0 Å². The molecule has 0 fully saturated rings. The second-order valence-corrected chi connectivity index (χ2v) is 9.73. The first-order valence-electron chi connectivity index (χ1n) is 9.02. The fraction of sp³-hybridized carbons (Fsp3) is 0.182. The molecule has 2 aliphatic rings. The Kier molecular flexibility index (Phi) is 4.00. The van der Waals surface area contributed by atoms with E-state index in [9.17, 15) is 0 Å². The quantitative estimate of drug-likeness (QED) is 0.277. The summed E-state index contributed by atoms with van der Waals surface area (Å²) in [7, 11) is 0. The Bertz CT molecular complexity index is 964. The van der Waals surface area contributed by atoms with E-state index < -0.39 is 0 Å². The van der Waals surface area contributed by atoms with E-state index in [1.165, 1.54) is 56.4 Å². The molecule has 0 amide bonds. The van der Waals surface area contributed by atoms with Gasteiger partial charge in [-0.15, -0.1) is 0 Å². The molecule has 2 N–H and O–H groups in total. The van der Waals surface area contributed by atoms with Gasteiger partial charge >= 0.3 is 166 Å². The van der Waals surface area contributed by atoms with E-state index in [-0.39, 0.29) is 15.0 Å². The molecule has 0 saturated carbocycles. The minimum absolute atomic E-state index is 0.240. The van der Waals surface area contributed by atoms with Gasteiger partial charge in [0.2, 0.25) is 0 Å². The molecule has 3 aromatic carbocycles. The monoisotopic (exact) mass is 424 g/mol. The first-order chi connectivity index (χ1) is 12.7. The summed E-state index contributed by atoms with van der Waals surface area (Å²) in [5, 5.41) is 0. The van der Waals surface area contributed by atoms with Crippen LogP contribution in [-0.2, 0) is 12.8 Å². The molecule has 4 heteroatoms. The van der Waals surface area contributed by atoms with E-state index >= 15 is 0 Å². The molecule has 0 spiro atoms. The average Bonchev–Trinajstić information content (AvgIpc) is 2.65. The van der Waals surface area contributed by atoms with Crippen molar-refractivity contribution >= 4 is 59.3 Å². The van der Waals surface area contributed by atoms with Crippen LogP contribution in [0.15, 0.2) is 59.5 Å². The third-order valence-electron chi connectivity index (χ3n) is 5.24. The predicted molar refractivity (Wildman–Crippen MR) is 114 cm³/mol. The molecule has 130 valence electrons. The number of hydrogen-bond acceptors (Lipinski definition) is 3. The van der Waals surface area contributed by atoms with Crippen molar-refractivity contribution in [1.82, 2.24) is 0 Å². The molecular formula is C22H20N2SSe. The van der Waals surface area contributed by atoms with E-state index in [0.717, 1.165) is 17.0 Å². The van der Waals surface area contributed by atoms with Crippen molar-refractivity contribution in [3.05, 3.63) is 65.7 Å². The summed E-state index contributed by atoms with van der Waals surface area (Å²) in [4.78, 5) is 3.47. The van der Waals surface area contributed by atoms with Gasteiger partial charge in [0.25, 0.3) is 0 Å². The molecule has 1 aliphatic heterocycles. The van der Waals surface area contributed by atoms with Crippen LogP contribution in [0.25, 0.3) is 0 Å². The number of thiol groups is 1. The van der Waals surface area contributed by atoms with Crippen molar-refractivity contribution in [3.63, 3.8) is 0 Å². The summed E-state index contributed by atoms with van der Waals surface area (Å²) in [5.74, 6) is 0. The number of nitrogen functional groups attached to an aromatic ring is 1. The molecule has 0 radical (unpaired) electrons. The number of rotatable bonds is 1. The Morgan fingerprint density at radius 1 is 0.846 bits per heavy atom. The second-order valence-electron chi connectivity index (χ2n) is 6.94. The van der Waals surface area contributed by atoms with Gasteiger partial charge in [0.1, 0.15) is 0 Å². The van der Waals surface area contributed by atoms with Crippen molar-refractivity contribution in [1.29, 1.82) is 0 Å². The summed E-state index contributed by atoms with van der Waals surface area (Å²) in [6.07, 6.45) is 4.93. The van der Waals surface area contributed by atoms with Gasteiger partial charge in [0.15, 0.2) is 0 Å². The Morgan fingerprint density at radius 3 is 2.50 bits per heavy atom. The van der Waals surface area contributed by atoms with Crippen LogP contribution in [-0.4, -0.2) is 15.0 Å². The first kappa shape index (κ1) is 16.3. The van der Waals surface area contributed by atoms with E-state index in [1.807, 2.05) is 6.07 Å². The molecular weight excluding hydrogens is 403 g/mol. The van der Waals surface area contributed by atoms with E-state index in [1.54, 1.807) is 0 Å². The van der Waals surface area contributed by atoms with Gasteiger partial charge in [-0.1, -0.05) is 0 Å². The number of hydrogen-bond donors (Lipinski definition) is 2. The van der Waals surface area contributed by atoms with E-state index in [0.29, 0.717) is 0 Å². The summed E-state index contributed by atoms with van der Waals surface area (Å²) >= 11 is 4.81. The van der Waals surface area contributed by atoms with Crippen molar-refractivity contribution in [2.24, 2.45) is 0 Å². The third-order valence-corrected chi connectivity index (χ3v) is 7.81. The second kappa shape index (κ2) is 6.38. The van der Waals surface area contributed by atoms with Crippen molar-refractivity contribution < 1.29 is 0 Å². The molecule has 0 bridgehead atoms. The van der Waals surface area contributed by atoms with Gasteiger partial charge in [0, 0.05) is 0 Å². The molecule has 5 rings (SSSR count). The molecule has 0 atom stereocenters. The topological polar surface area (TPSA) is 29.3 Å². The van der Waals surface area contributed by atoms with Gasteiger partial charge in [-0.25, -0.2) is 0 Å². The van der Waals surface area contributed by atoms with Crippen LogP contribution in [0.4, 0.5) is 22.7 Å². The number of fused-ring (bicyclic) bond motifs is 3. The normalized spacial score (nSPS) is 15.2. The fourth-order valence-corrected chi connectivity index (χ4v) is 6.85. The van der Waals surface area contributed by atoms with Crippen LogP contribution < -0.4 is 19.6 Å². The molecule has 26 heavy (non-hydrogen) atoms. The fourth-order valence-electron chi connectivity index (χ4n) is 4.04. The zero-order chi connectivity index (χ0) is 17.7. The number of nitrogens with zero attached hydrogens (tertiary/aromatic N) is 1. The first-order valence-corrected chi connectivity index (χ1v) is 11.2. The number of anilines is 4. The Morgan fingerprint density at radius 2 is 1.62 bits per heavy atom. The molecule has 2 nitrogen and oxygen atoms in total. The third kappa shape index (κ3) is 2.64. The average molecular weight is 423 g/mol. The molecule has 0 unspecified atom stereocenters. The Labute approximate surface area is 166 Å². The zero-order valence-corrected chi connectivity index (χ0v) is 17.0. The van der Waals surface area contributed by atoms with E-state index in [2.05, 4.69) is 66.1 Å². The summed E-state index contributed by atoms with van der Waals surface area (Å²) in [6.45, 7) is 0. The Hall–Kier alpha value is -1.87. The van der Waals surface area contributed by atoms with Gasteiger partial charge in [-0.05, 0) is 0 Å². The van der Waals surface area contributed by atoms with Crippen LogP contribution in [0.5, 0.6) is 0 Å². The predicted octanol–water partition coefficient (Wildman–Crippen LogP) is 3.87. The van der Waals surface area contributed by atoms with E-state index in [4.69, 9.17) is 5.73 Å². The summed E-state index contributed by atoms with van der Waals surface area (Å²) < 4.78 is 2.72. The molecule has 3 aromatic rings.